The van der Waals surface area contributed by atoms with Crippen LogP contribution in [0.3, 0.4) is 0 Å². The second-order valence-corrected chi connectivity index (χ2v) is 14.5. The molecule has 44 heavy (non-hydrogen) atoms. The molecular formula is C29H31ClFN4O7PS. The fourth-order valence-corrected chi connectivity index (χ4v) is 8.25. The van der Waals surface area contributed by atoms with E-state index in [0.29, 0.717) is 48.2 Å². The Morgan fingerprint density at radius 2 is 1.95 bits per heavy atom. The predicted octanol–water partition coefficient (Wildman–Crippen LogP) is 4.37. The minimum Gasteiger partial charge on any atom is -0.493 e. The molecule has 0 aliphatic carbocycles. The maximum Gasteiger partial charge on any atom is 0.363 e. The first kappa shape index (κ1) is 30.9. The third kappa shape index (κ3) is 5.72. The number of halogens is 2. The van der Waals surface area contributed by atoms with Crippen LogP contribution >= 0.6 is 30.5 Å². The van der Waals surface area contributed by atoms with Crippen LogP contribution < -0.4 is 10.1 Å². The number of alkyl halides is 1. The van der Waals surface area contributed by atoms with Crippen molar-refractivity contribution in [3.05, 3.63) is 57.7 Å². The van der Waals surface area contributed by atoms with Crippen LogP contribution in [0.4, 0.5) is 4.39 Å². The van der Waals surface area contributed by atoms with Crippen molar-refractivity contribution in [1.29, 1.82) is 0 Å². The number of benzene rings is 1. The molecule has 11 nitrogen and oxygen atoms in total. The topological polar surface area (TPSA) is 149 Å². The molecule has 0 unspecified atom stereocenters. The minimum atomic E-state index is -4.98. The molecule has 6 rings (SSSR count). The molecule has 0 saturated carbocycles. The summed E-state index contributed by atoms with van der Waals surface area (Å²) in [5, 5.41) is 3.58. The van der Waals surface area contributed by atoms with Crippen molar-refractivity contribution >= 4 is 58.3 Å². The van der Waals surface area contributed by atoms with Crippen LogP contribution in [0.1, 0.15) is 64.7 Å². The van der Waals surface area contributed by atoms with Gasteiger partial charge in [0.05, 0.1) is 12.0 Å². The Kier molecular flexibility index (Phi) is 8.44. The predicted molar refractivity (Wildman–Crippen MR) is 162 cm³/mol. The lowest BCUT2D eigenvalue weighted by Gasteiger charge is -2.43. The molecule has 3 aromatic rings. The molecule has 5 heterocycles. The van der Waals surface area contributed by atoms with Gasteiger partial charge in [-0.05, 0) is 67.3 Å². The minimum absolute atomic E-state index is 0.0449. The van der Waals surface area contributed by atoms with E-state index in [-0.39, 0.29) is 39.4 Å². The molecule has 0 spiro atoms. The molecule has 3 aliphatic heterocycles. The number of pyridine rings is 1. The van der Waals surface area contributed by atoms with Gasteiger partial charge in [0.15, 0.2) is 10.9 Å². The second kappa shape index (κ2) is 12.0. The summed E-state index contributed by atoms with van der Waals surface area (Å²) in [6.07, 6.45) is 4.78. The molecule has 0 radical (unpaired) electrons. The van der Waals surface area contributed by atoms with Crippen LogP contribution in [0.2, 0.25) is 5.15 Å². The van der Waals surface area contributed by atoms with E-state index in [9.17, 15) is 33.1 Å². The Balaban J connectivity index is 1.13. The number of thiophene rings is 1. The van der Waals surface area contributed by atoms with Crippen LogP contribution in [0.25, 0.3) is 10.1 Å². The number of carbonyl (C=O) groups excluding carboxylic acids is 3. The van der Waals surface area contributed by atoms with Crippen LogP contribution in [-0.2, 0) is 14.2 Å². The second-order valence-electron chi connectivity index (χ2n) is 11.4. The molecule has 3 fully saturated rings. The zero-order valence-electron chi connectivity index (χ0n) is 23.7. The molecule has 4 atom stereocenters. The lowest BCUT2D eigenvalue weighted by molar-refractivity contribution is -0.148. The fourth-order valence-electron chi connectivity index (χ4n) is 6.51. The number of nitrogens with one attached hydrogen (secondary N) is 1. The summed E-state index contributed by atoms with van der Waals surface area (Å²) in [4.78, 5) is 66.9. The van der Waals surface area contributed by atoms with Crippen molar-refractivity contribution in [2.45, 2.75) is 62.1 Å². The first-order valence-corrected chi connectivity index (χ1v) is 17.2. The Labute approximate surface area is 261 Å². The number of ether oxygens (including phenoxy) is 1. The molecule has 3 saturated heterocycles. The van der Waals surface area contributed by atoms with E-state index in [1.54, 1.807) is 16.0 Å². The number of carbonyl (C=O) groups is 3. The Morgan fingerprint density at radius 3 is 2.68 bits per heavy atom. The van der Waals surface area contributed by atoms with Gasteiger partial charge in [-0.2, -0.15) is 0 Å². The number of hydrogen-bond acceptors (Lipinski definition) is 7. The molecular weight excluding hydrogens is 634 g/mol. The van der Waals surface area contributed by atoms with Crippen molar-refractivity contribution in [2.75, 3.05) is 20.2 Å². The molecule has 2 aromatic heterocycles. The van der Waals surface area contributed by atoms with Gasteiger partial charge >= 0.3 is 7.60 Å². The van der Waals surface area contributed by atoms with Crippen LogP contribution in [0, 0.1) is 0 Å². The van der Waals surface area contributed by atoms with Gasteiger partial charge in [-0.25, -0.2) is 9.37 Å². The zero-order valence-corrected chi connectivity index (χ0v) is 26.2. The largest absolute Gasteiger partial charge is 0.493 e. The third-order valence-electron chi connectivity index (χ3n) is 8.74. The number of amides is 3. The molecule has 3 aliphatic rings. The van der Waals surface area contributed by atoms with Gasteiger partial charge in [-0.3, -0.25) is 18.9 Å². The van der Waals surface area contributed by atoms with Gasteiger partial charge < -0.3 is 29.6 Å². The van der Waals surface area contributed by atoms with E-state index in [4.69, 9.17) is 16.3 Å². The monoisotopic (exact) mass is 664 g/mol. The third-order valence-corrected chi connectivity index (χ3v) is 11.0. The first-order valence-electron chi connectivity index (χ1n) is 14.3. The summed E-state index contributed by atoms with van der Waals surface area (Å²) in [5.41, 5.74) is 0.709. The number of nitrogens with zero attached hydrogens (tertiary/aromatic N) is 3. The first-order chi connectivity index (χ1) is 21.0. The Bertz CT molecular complexity index is 1680. The summed E-state index contributed by atoms with van der Waals surface area (Å²) in [6.45, 7) is 0.952. The number of fused-ring (bicyclic) bond motifs is 2. The van der Waals surface area contributed by atoms with Crippen molar-refractivity contribution in [3.8, 4) is 5.75 Å². The molecule has 234 valence electrons. The van der Waals surface area contributed by atoms with E-state index in [1.807, 2.05) is 6.07 Å². The summed E-state index contributed by atoms with van der Waals surface area (Å²) in [7, 11) is -3.45. The zero-order chi connectivity index (χ0) is 31.3. The SMILES string of the molecule is COc1c(C2CN(C(=O)[C@@H]3CC[C@@H]4CCC[C@H](NC(=O)c5cc6cc([C@@H](F)P(=O)(O)O)ccc6s5)C(=O)N43)C2)ccnc1Cl. The van der Waals surface area contributed by atoms with Gasteiger partial charge in [-0.1, -0.05) is 17.7 Å². The van der Waals surface area contributed by atoms with Crippen LogP contribution in [0.15, 0.2) is 36.5 Å². The van der Waals surface area contributed by atoms with Crippen LogP contribution in [-0.4, -0.2) is 80.6 Å². The normalized spacial score (nSPS) is 23.2. The molecule has 15 heteroatoms. The van der Waals surface area contributed by atoms with Gasteiger partial charge in [0.2, 0.25) is 17.7 Å². The summed E-state index contributed by atoms with van der Waals surface area (Å²) in [5.74, 6) is -2.78. The van der Waals surface area contributed by atoms with Gasteiger partial charge in [0, 0.05) is 41.5 Å². The van der Waals surface area contributed by atoms with Gasteiger partial charge in [-0.15, -0.1) is 11.3 Å². The highest BCUT2D eigenvalue weighted by Gasteiger charge is 2.48. The Morgan fingerprint density at radius 1 is 1.18 bits per heavy atom. The molecule has 0 bridgehead atoms. The average molecular weight is 665 g/mol. The quantitative estimate of drug-likeness (QED) is 0.249. The summed E-state index contributed by atoms with van der Waals surface area (Å²) in [6, 6.07) is 5.99. The molecule has 3 amide bonds. The van der Waals surface area contributed by atoms with E-state index in [1.165, 1.54) is 31.4 Å². The molecule has 1 aromatic carbocycles. The van der Waals surface area contributed by atoms with Crippen molar-refractivity contribution < 1.29 is 37.9 Å². The fraction of sp³-hybridized carbons (Fsp3) is 0.448. The van der Waals surface area contributed by atoms with Crippen molar-refractivity contribution in [1.82, 2.24) is 20.1 Å². The van der Waals surface area contributed by atoms with E-state index in [2.05, 4.69) is 10.3 Å². The standard InChI is InChI=1S/C29H31ClFN4O7PS/c1-42-24-19(9-10-32-25(24)30)17-13-34(14-17)29(38)21-7-6-18-3-2-4-20(28(37)35(18)21)33-27(36)23-12-16-11-15(5-8-22(16)44-23)26(31)43(39,40)41/h5,8-12,17-18,20-21,26H,2-4,6-7,13-14H2,1H3,(H,33,36)(H2,39,40,41)/t18-,20-,21-,26-/m0/s1. The number of hydrogen-bond donors (Lipinski definition) is 3. The van der Waals surface area contributed by atoms with Gasteiger partial charge in [0.25, 0.3) is 5.91 Å². The highest BCUT2D eigenvalue weighted by molar-refractivity contribution is 7.51. The smallest absolute Gasteiger partial charge is 0.363 e. The lowest BCUT2D eigenvalue weighted by Crippen LogP contribution is -2.58. The number of aromatic nitrogens is 1. The van der Waals surface area contributed by atoms with E-state index >= 15 is 0 Å². The molecule has 3 N–H and O–H groups in total. The summed E-state index contributed by atoms with van der Waals surface area (Å²) < 4.78 is 31.6. The highest BCUT2D eigenvalue weighted by atomic mass is 35.5. The number of likely N-dealkylation sites (tertiary alicyclic amines) is 1. The van der Waals surface area contributed by atoms with Crippen LogP contribution in [0.5, 0.6) is 5.75 Å². The summed E-state index contributed by atoms with van der Waals surface area (Å²) >= 11 is 7.31. The number of rotatable bonds is 7. The van der Waals surface area contributed by atoms with E-state index in [0.717, 1.165) is 29.7 Å². The Hall–Kier alpha value is -3.09. The lowest BCUT2D eigenvalue weighted by atomic mass is 9.90. The van der Waals surface area contributed by atoms with Crippen molar-refractivity contribution in [3.63, 3.8) is 0 Å². The maximum absolute atomic E-state index is 14.2. The average Bonchev–Trinajstić information content (AvgIpc) is 3.55. The maximum atomic E-state index is 14.2. The highest BCUT2D eigenvalue weighted by Crippen LogP contribution is 2.53. The van der Waals surface area contributed by atoms with E-state index < -0.39 is 31.5 Å². The van der Waals surface area contributed by atoms with Gasteiger partial charge in [0.1, 0.15) is 12.1 Å². The number of methoxy groups -OCH3 is 1. The van der Waals surface area contributed by atoms with Crippen molar-refractivity contribution in [2.24, 2.45) is 0 Å².